The van der Waals surface area contributed by atoms with Gasteiger partial charge in [-0.15, -0.1) is 5.10 Å². The number of nitrogens with one attached hydrogen (secondary N) is 1. The summed E-state index contributed by atoms with van der Waals surface area (Å²) in [7, 11) is 0. The minimum Gasteiger partial charge on any atom is -0.387 e. The molecule has 10 heteroatoms. The van der Waals surface area contributed by atoms with Gasteiger partial charge in [0.2, 0.25) is 11.6 Å². The van der Waals surface area contributed by atoms with Gasteiger partial charge in [0, 0.05) is 0 Å². The molecule has 0 bridgehead atoms. The lowest BCUT2D eigenvalue weighted by Crippen LogP contribution is -2.28. The minimum absolute atomic E-state index is 0.0888. The molecular weight excluding hydrogens is 273 g/mol. The summed E-state index contributed by atoms with van der Waals surface area (Å²) < 4.78 is 20.1. The molecule has 2 aromatic rings. The first-order valence-electron chi connectivity index (χ1n) is 5.69. The van der Waals surface area contributed by atoms with Crippen molar-refractivity contribution < 1.29 is 19.0 Å². The van der Waals surface area contributed by atoms with Gasteiger partial charge >= 0.3 is 0 Å². The van der Waals surface area contributed by atoms with Crippen LogP contribution in [0.1, 0.15) is 11.8 Å². The zero-order valence-electron chi connectivity index (χ0n) is 9.93. The fourth-order valence-corrected chi connectivity index (χ4v) is 2.15. The molecule has 1 aliphatic heterocycles. The van der Waals surface area contributed by atoms with Crippen LogP contribution in [-0.2, 0) is 9.53 Å². The van der Waals surface area contributed by atoms with Crippen molar-refractivity contribution in [3.63, 3.8) is 0 Å². The predicted octanol–water partition coefficient (Wildman–Crippen LogP) is -1.66. The highest BCUT2D eigenvalue weighted by molar-refractivity contribution is 5.58. The Morgan fingerprint density at radius 3 is 3.00 bits per heavy atom. The number of nitrogens with two attached hydrogens (primary N) is 1. The largest absolute Gasteiger partial charge is 0.387 e. The van der Waals surface area contributed by atoms with Crippen LogP contribution in [0.2, 0.25) is 0 Å². The van der Waals surface area contributed by atoms with Crippen molar-refractivity contribution >= 4 is 17.9 Å². The number of anilines is 1. The summed E-state index contributed by atoms with van der Waals surface area (Å²) in [4.78, 5) is 28.3. The normalized spacial score (nSPS) is 29.9. The fourth-order valence-electron chi connectivity index (χ4n) is 2.15. The van der Waals surface area contributed by atoms with Gasteiger partial charge in [0.15, 0.2) is 12.5 Å². The van der Waals surface area contributed by atoms with Crippen molar-refractivity contribution in [3.8, 4) is 0 Å². The van der Waals surface area contributed by atoms with Crippen molar-refractivity contribution in [3.05, 3.63) is 22.2 Å². The number of rotatable bonds is 2. The van der Waals surface area contributed by atoms with Crippen LogP contribution in [0.15, 0.2) is 11.0 Å². The second-order valence-electron chi connectivity index (χ2n) is 4.35. The molecule has 4 N–H and O–H groups in total. The number of carbonyl (C=O) groups excluding carboxylic acids is 1. The molecule has 0 aromatic carbocycles. The molecule has 106 valence electrons. The van der Waals surface area contributed by atoms with Gasteiger partial charge in [-0.3, -0.25) is 9.78 Å². The number of halogens is 1. The lowest BCUT2D eigenvalue weighted by Gasteiger charge is -2.11. The Morgan fingerprint density at radius 2 is 2.35 bits per heavy atom. The summed E-state index contributed by atoms with van der Waals surface area (Å²) in [5, 5.41) is 13.3. The SMILES string of the molecule is Nc1nn2c(C3OC(C=O)C(O)C3F)cnc2c(=O)[nH]1. The quantitative estimate of drug-likeness (QED) is 0.561. The Morgan fingerprint density at radius 1 is 1.60 bits per heavy atom. The molecule has 1 fully saturated rings. The molecule has 0 amide bonds. The summed E-state index contributed by atoms with van der Waals surface area (Å²) in [6.45, 7) is 0. The number of aliphatic hydroxyl groups is 1. The summed E-state index contributed by atoms with van der Waals surface area (Å²) >= 11 is 0. The number of aldehydes is 1. The third kappa shape index (κ3) is 1.69. The van der Waals surface area contributed by atoms with E-state index in [1.165, 1.54) is 6.20 Å². The molecule has 3 rings (SSSR count). The van der Waals surface area contributed by atoms with Gasteiger partial charge in [0.05, 0.1) is 11.9 Å². The van der Waals surface area contributed by atoms with E-state index in [2.05, 4.69) is 15.1 Å². The number of aliphatic hydroxyl groups excluding tert-OH is 1. The van der Waals surface area contributed by atoms with Crippen molar-refractivity contribution in [2.24, 2.45) is 0 Å². The highest BCUT2D eigenvalue weighted by atomic mass is 19.1. The topological polar surface area (TPSA) is 136 Å². The Balaban J connectivity index is 2.12. The van der Waals surface area contributed by atoms with E-state index in [1.807, 2.05) is 0 Å². The number of H-pyrrole nitrogens is 1. The third-order valence-electron chi connectivity index (χ3n) is 3.10. The molecule has 0 radical (unpaired) electrons. The fraction of sp³-hybridized carbons (Fsp3) is 0.400. The standard InChI is InChI=1S/C10H10FN5O4/c11-5-6(18)4(2-17)20-7(5)3-1-13-8-9(19)14-10(12)15-16(3)8/h1-2,4-7,18H,(H3,12,14,15,19). The number of hydrogen-bond acceptors (Lipinski definition) is 7. The van der Waals surface area contributed by atoms with E-state index in [0.29, 0.717) is 6.29 Å². The van der Waals surface area contributed by atoms with Gasteiger partial charge in [-0.2, -0.15) is 0 Å². The van der Waals surface area contributed by atoms with Crippen LogP contribution in [0.4, 0.5) is 10.3 Å². The minimum atomic E-state index is -1.84. The van der Waals surface area contributed by atoms with Crippen LogP contribution >= 0.6 is 0 Å². The van der Waals surface area contributed by atoms with E-state index in [9.17, 15) is 19.1 Å². The first-order chi connectivity index (χ1) is 9.52. The second-order valence-corrected chi connectivity index (χ2v) is 4.35. The Hall–Kier alpha value is -2.33. The maximum absolute atomic E-state index is 14.0. The van der Waals surface area contributed by atoms with Gasteiger partial charge < -0.3 is 20.4 Å². The van der Waals surface area contributed by atoms with Gasteiger partial charge in [0.1, 0.15) is 18.3 Å². The average molecular weight is 283 g/mol. The van der Waals surface area contributed by atoms with E-state index in [4.69, 9.17) is 10.5 Å². The van der Waals surface area contributed by atoms with E-state index < -0.39 is 30.0 Å². The molecule has 0 aliphatic carbocycles. The second kappa shape index (κ2) is 4.35. The number of fused-ring (bicyclic) bond motifs is 1. The van der Waals surface area contributed by atoms with Crippen LogP contribution in [-0.4, -0.2) is 49.4 Å². The molecule has 0 spiro atoms. The average Bonchev–Trinajstić information content (AvgIpc) is 2.93. The van der Waals surface area contributed by atoms with Gasteiger partial charge in [0.25, 0.3) is 5.56 Å². The maximum atomic E-state index is 14.0. The predicted molar refractivity (Wildman–Crippen MR) is 62.6 cm³/mol. The van der Waals surface area contributed by atoms with Gasteiger partial charge in [-0.1, -0.05) is 0 Å². The summed E-state index contributed by atoms with van der Waals surface area (Å²) in [6.07, 6.45) is -4.46. The summed E-state index contributed by atoms with van der Waals surface area (Å²) in [5.41, 5.74) is 4.82. The molecule has 4 atom stereocenters. The van der Waals surface area contributed by atoms with Crippen molar-refractivity contribution in [2.45, 2.75) is 24.5 Å². The number of aromatic amines is 1. The molecule has 4 unspecified atom stereocenters. The van der Waals surface area contributed by atoms with E-state index in [-0.39, 0.29) is 17.3 Å². The van der Waals surface area contributed by atoms with Crippen LogP contribution in [0.5, 0.6) is 0 Å². The molecule has 0 saturated carbocycles. The Kier molecular flexibility index (Phi) is 2.76. The molecule has 2 aromatic heterocycles. The Labute approximate surface area is 110 Å². The maximum Gasteiger partial charge on any atom is 0.295 e. The highest BCUT2D eigenvalue weighted by Gasteiger charge is 2.46. The third-order valence-corrected chi connectivity index (χ3v) is 3.10. The zero-order valence-corrected chi connectivity index (χ0v) is 9.93. The first-order valence-corrected chi connectivity index (χ1v) is 5.69. The van der Waals surface area contributed by atoms with E-state index in [0.717, 1.165) is 4.52 Å². The highest BCUT2D eigenvalue weighted by Crippen LogP contribution is 2.34. The summed E-state index contributed by atoms with van der Waals surface area (Å²) in [5.74, 6) is -0.178. The number of alkyl halides is 1. The van der Waals surface area contributed by atoms with E-state index in [1.54, 1.807) is 0 Å². The van der Waals surface area contributed by atoms with Gasteiger partial charge in [-0.25, -0.2) is 13.9 Å². The number of nitrogens with zero attached hydrogens (tertiary/aromatic N) is 3. The van der Waals surface area contributed by atoms with Crippen molar-refractivity contribution in [1.29, 1.82) is 0 Å². The smallest absolute Gasteiger partial charge is 0.295 e. The van der Waals surface area contributed by atoms with Gasteiger partial charge in [-0.05, 0) is 0 Å². The van der Waals surface area contributed by atoms with Crippen LogP contribution in [0, 0.1) is 0 Å². The summed E-state index contributed by atoms with van der Waals surface area (Å²) in [6, 6.07) is 0. The molecule has 1 aliphatic rings. The molecule has 3 heterocycles. The molecular formula is C10H10FN5O4. The number of aromatic nitrogens is 4. The van der Waals surface area contributed by atoms with Crippen LogP contribution in [0.3, 0.4) is 0 Å². The lowest BCUT2D eigenvalue weighted by molar-refractivity contribution is -0.120. The molecule has 20 heavy (non-hydrogen) atoms. The van der Waals surface area contributed by atoms with Crippen LogP contribution in [0.25, 0.3) is 5.65 Å². The van der Waals surface area contributed by atoms with Crippen LogP contribution < -0.4 is 11.3 Å². The lowest BCUT2D eigenvalue weighted by atomic mass is 10.1. The monoisotopic (exact) mass is 283 g/mol. The number of carbonyl (C=O) groups is 1. The van der Waals surface area contributed by atoms with E-state index >= 15 is 0 Å². The Bertz CT molecular complexity index is 728. The van der Waals surface area contributed by atoms with Crippen molar-refractivity contribution in [1.82, 2.24) is 19.6 Å². The first kappa shape index (κ1) is 12.7. The zero-order chi connectivity index (χ0) is 14.4. The molecule has 1 saturated heterocycles. The number of nitrogen functional groups attached to an aromatic ring is 1. The number of imidazole rings is 1. The number of ether oxygens (including phenoxy) is 1. The number of hydrogen-bond donors (Lipinski definition) is 3. The molecule has 9 nitrogen and oxygen atoms in total. The van der Waals surface area contributed by atoms with Crippen molar-refractivity contribution in [2.75, 3.05) is 5.73 Å².